The number of aryl methyl sites for hydroxylation is 1. The zero-order valence-corrected chi connectivity index (χ0v) is 10.6. The Morgan fingerprint density at radius 3 is 2.50 bits per heavy atom. The normalized spacial score (nSPS) is 10.0. The first-order chi connectivity index (χ1) is 9.65. The minimum atomic E-state index is -1.05. The third-order valence-corrected chi connectivity index (χ3v) is 2.67. The van der Waals surface area contributed by atoms with Crippen LogP contribution in [0.4, 0.5) is 5.82 Å². The van der Waals surface area contributed by atoms with E-state index in [-0.39, 0.29) is 11.5 Å². The summed E-state index contributed by atoms with van der Waals surface area (Å²) in [5.74, 6) is -0.875. The second kappa shape index (κ2) is 6.42. The number of pyridine rings is 2. The van der Waals surface area contributed by atoms with Crippen LogP contribution in [-0.2, 0) is 11.2 Å². The van der Waals surface area contributed by atoms with Crippen molar-refractivity contribution in [1.82, 2.24) is 9.97 Å². The Kier molecular flexibility index (Phi) is 4.39. The first-order valence-corrected chi connectivity index (χ1v) is 6.03. The lowest BCUT2D eigenvalue weighted by Crippen LogP contribution is -2.13. The Hall–Kier alpha value is -2.76. The van der Waals surface area contributed by atoms with Crippen molar-refractivity contribution in [3.05, 3.63) is 54.0 Å². The first-order valence-electron chi connectivity index (χ1n) is 6.03. The van der Waals surface area contributed by atoms with E-state index in [1.54, 1.807) is 12.4 Å². The molecule has 102 valence electrons. The molecule has 0 aliphatic heterocycles. The second-order valence-electron chi connectivity index (χ2n) is 4.14. The van der Waals surface area contributed by atoms with Gasteiger partial charge in [-0.3, -0.25) is 9.78 Å². The lowest BCUT2D eigenvalue weighted by atomic mass is 10.1. The number of nitrogens with zero attached hydrogens (tertiary/aromatic N) is 2. The summed E-state index contributed by atoms with van der Waals surface area (Å²) < 4.78 is 0. The standard InChI is InChI=1S/C14H13N3O3/c18-13(4-1-10-5-7-15-8-6-10)17-12-3-2-11(9-16-12)14(19)20/h2-3,5-9H,1,4H2,(H,19,20)(H,16,17,18). The molecule has 0 fully saturated rings. The molecular weight excluding hydrogens is 258 g/mol. The lowest BCUT2D eigenvalue weighted by Gasteiger charge is -2.04. The molecule has 2 aromatic heterocycles. The van der Waals surface area contributed by atoms with Crippen molar-refractivity contribution in [3.63, 3.8) is 0 Å². The second-order valence-corrected chi connectivity index (χ2v) is 4.14. The summed E-state index contributed by atoms with van der Waals surface area (Å²) in [4.78, 5) is 30.2. The molecule has 2 N–H and O–H groups in total. The SMILES string of the molecule is O=C(CCc1ccncc1)Nc1ccc(C(=O)O)cn1. The highest BCUT2D eigenvalue weighted by Gasteiger charge is 2.06. The van der Waals surface area contributed by atoms with Crippen LogP contribution in [0.5, 0.6) is 0 Å². The maximum atomic E-state index is 11.7. The van der Waals surface area contributed by atoms with E-state index in [1.807, 2.05) is 12.1 Å². The van der Waals surface area contributed by atoms with Crippen LogP contribution in [-0.4, -0.2) is 27.0 Å². The van der Waals surface area contributed by atoms with E-state index in [0.717, 1.165) is 5.56 Å². The number of rotatable bonds is 5. The molecule has 2 rings (SSSR count). The molecule has 0 aromatic carbocycles. The van der Waals surface area contributed by atoms with Gasteiger partial charge in [-0.1, -0.05) is 0 Å². The highest BCUT2D eigenvalue weighted by atomic mass is 16.4. The minimum absolute atomic E-state index is 0.0831. The molecule has 2 heterocycles. The average molecular weight is 271 g/mol. The summed E-state index contributed by atoms with van der Waals surface area (Å²) >= 11 is 0. The quantitative estimate of drug-likeness (QED) is 0.864. The van der Waals surface area contributed by atoms with Crippen LogP contribution < -0.4 is 5.32 Å². The zero-order valence-electron chi connectivity index (χ0n) is 10.6. The number of carbonyl (C=O) groups is 2. The number of anilines is 1. The van der Waals surface area contributed by atoms with Crippen LogP contribution in [0.2, 0.25) is 0 Å². The third-order valence-electron chi connectivity index (χ3n) is 2.67. The summed E-state index contributed by atoms with van der Waals surface area (Å²) in [5, 5.41) is 11.4. The molecule has 0 aliphatic carbocycles. The van der Waals surface area contributed by atoms with E-state index in [1.165, 1.54) is 18.3 Å². The van der Waals surface area contributed by atoms with Gasteiger partial charge in [0.05, 0.1) is 5.56 Å². The van der Waals surface area contributed by atoms with Gasteiger partial charge in [0.1, 0.15) is 5.82 Å². The molecule has 2 aromatic rings. The van der Waals surface area contributed by atoms with Crippen LogP contribution >= 0.6 is 0 Å². The molecule has 0 radical (unpaired) electrons. The fourth-order valence-corrected chi connectivity index (χ4v) is 1.61. The van der Waals surface area contributed by atoms with Gasteiger partial charge in [0.25, 0.3) is 0 Å². The smallest absolute Gasteiger partial charge is 0.337 e. The average Bonchev–Trinajstić information content (AvgIpc) is 2.47. The van der Waals surface area contributed by atoms with E-state index >= 15 is 0 Å². The Balaban J connectivity index is 1.86. The predicted octanol–water partition coefficient (Wildman–Crippen LogP) is 1.75. The van der Waals surface area contributed by atoms with Crippen LogP contribution in [0.3, 0.4) is 0 Å². The molecule has 0 aliphatic rings. The Bertz CT molecular complexity index is 597. The maximum Gasteiger partial charge on any atom is 0.337 e. The van der Waals surface area contributed by atoms with Gasteiger partial charge < -0.3 is 10.4 Å². The van der Waals surface area contributed by atoms with Gasteiger partial charge in [0.15, 0.2) is 0 Å². The molecule has 0 saturated heterocycles. The Labute approximate surface area is 115 Å². The van der Waals surface area contributed by atoms with E-state index in [9.17, 15) is 9.59 Å². The van der Waals surface area contributed by atoms with Crippen LogP contribution in [0.25, 0.3) is 0 Å². The zero-order chi connectivity index (χ0) is 14.4. The topological polar surface area (TPSA) is 92.2 Å². The number of nitrogens with one attached hydrogen (secondary N) is 1. The van der Waals surface area contributed by atoms with Crippen molar-refractivity contribution in [2.24, 2.45) is 0 Å². The molecule has 0 saturated carbocycles. The Morgan fingerprint density at radius 2 is 1.90 bits per heavy atom. The number of carboxylic acid groups (broad SMARTS) is 1. The number of aromatic carboxylic acids is 1. The monoisotopic (exact) mass is 271 g/mol. The maximum absolute atomic E-state index is 11.7. The van der Waals surface area contributed by atoms with Gasteiger partial charge in [-0.05, 0) is 36.2 Å². The highest BCUT2D eigenvalue weighted by Crippen LogP contribution is 2.07. The van der Waals surface area contributed by atoms with Gasteiger partial charge in [0, 0.05) is 25.0 Å². The molecule has 0 spiro atoms. The van der Waals surface area contributed by atoms with Gasteiger partial charge in [-0.2, -0.15) is 0 Å². The number of hydrogen-bond donors (Lipinski definition) is 2. The van der Waals surface area contributed by atoms with E-state index < -0.39 is 5.97 Å². The van der Waals surface area contributed by atoms with Gasteiger partial charge in [-0.25, -0.2) is 9.78 Å². The number of carboxylic acids is 1. The minimum Gasteiger partial charge on any atom is -0.478 e. The van der Waals surface area contributed by atoms with Crippen LogP contribution in [0, 0.1) is 0 Å². The molecule has 0 unspecified atom stereocenters. The van der Waals surface area contributed by atoms with Crippen molar-refractivity contribution >= 4 is 17.7 Å². The van der Waals surface area contributed by atoms with Gasteiger partial charge in [0.2, 0.25) is 5.91 Å². The number of amides is 1. The van der Waals surface area contributed by atoms with Gasteiger partial charge in [-0.15, -0.1) is 0 Å². The molecule has 1 amide bonds. The number of aromatic nitrogens is 2. The van der Waals surface area contributed by atoms with Gasteiger partial charge >= 0.3 is 5.97 Å². The molecule has 0 atom stereocenters. The summed E-state index contributed by atoms with van der Waals surface area (Å²) in [6, 6.07) is 6.57. The predicted molar refractivity (Wildman–Crippen MR) is 72.4 cm³/mol. The van der Waals surface area contributed by atoms with Crippen molar-refractivity contribution in [2.45, 2.75) is 12.8 Å². The summed E-state index contributed by atoms with van der Waals surface area (Å²) in [6.45, 7) is 0. The first kappa shape index (κ1) is 13.7. The van der Waals surface area contributed by atoms with Crippen molar-refractivity contribution in [2.75, 3.05) is 5.32 Å². The summed E-state index contributed by atoms with van der Waals surface area (Å²) in [7, 11) is 0. The molecule has 6 nitrogen and oxygen atoms in total. The van der Waals surface area contributed by atoms with Crippen LogP contribution in [0.15, 0.2) is 42.9 Å². The highest BCUT2D eigenvalue weighted by molar-refractivity contribution is 5.91. The molecule has 0 bridgehead atoms. The molecular formula is C14H13N3O3. The molecule has 20 heavy (non-hydrogen) atoms. The van der Waals surface area contributed by atoms with Crippen LogP contribution in [0.1, 0.15) is 22.3 Å². The number of carbonyl (C=O) groups excluding carboxylic acids is 1. The lowest BCUT2D eigenvalue weighted by molar-refractivity contribution is -0.116. The fraction of sp³-hybridized carbons (Fsp3) is 0.143. The fourth-order valence-electron chi connectivity index (χ4n) is 1.61. The third kappa shape index (κ3) is 3.88. The summed E-state index contributed by atoms with van der Waals surface area (Å²) in [5.41, 5.74) is 1.11. The van der Waals surface area contributed by atoms with E-state index in [4.69, 9.17) is 5.11 Å². The van der Waals surface area contributed by atoms with E-state index in [0.29, 0.717) is 18.7 Å². The van der Waals surface area contributed by atoms with Crippen molar-refractivity contribution in [3.8, 4) is 0 Å². The van der Waals surface area contributed by atoms with Crippen molar-refractivity contribution < 1.29 is 14.7 Å². The summed E-state index contributed by atoms with van der Waals surface area (Å²) in [6.07, 6.45) is 5.51. The number of hydrogen-bond acceptors (Lipinski definition) is 4. The van der Waals surface area contributed by atoms with E-state index in [2.05, 4.69) is 15.3 Å². The van der Waals surface area contributed by atoms with Crippen molar-refractivity contribution in [1.29, 1.82) is 0 Å². The largest absolute Gasteiger partial charge is 0.478 e. The Morgan fingerprint density at radius 1 is 1.15 bits per heavy atom. The molecule has 6 heteroatoms.